The zero-order valence-corrected chi connectivity index (χ0v) is 8.16. The summed E-state index contributed by atoms with van der Waals surface area (Å²) < 4.78 is 0. The maximum atomic E-state index is 10.3. The van der Waals surface area contributed by atoms with E-state index in [0.717, 1.165) is 18.7 Å². The first-order chi connectivity index (χ1) is 6.27. The number of rotatable bonds is 2. The molecule has 1 saturated heterocycles. The van der Waals surface area contributed by atoms with Crippen LogP contribution in [0.4, 0.5) is 5.82 Å². The van der Waals surface area contributed by atoms with Crippen LogP contribution in [0.1, 0.15) is 11.5 Å². The number of hydrogen-bond donors (Lipinski definition) is 1. The number of nitro groups is 1. The van der Waals surface area contributed by atoms with Gasteiger partial charge >= 0.3 is 5.82 Å². The molecule has 14 heavy (non-hydrogen) atoms. The minimum absolute atomic E-state index is 0. The van der Waals surface area contributed by atoms with Gasteiger partial charge in [0, 0.05) is 30.6 Å². The number of pyridine rings is 1. The highest BCUT2D eigenvalue weighted by atomic mass is 35.5. The van der Waals surface area contributed by atoms with E-state index in [2.05, 4.69) is 10.3 Å². The maximum absolute atomic E-state index is 10.3. The van der Waals surface area contributed by atoms with Crippen molar-refractivity contribution >= 4 is 18.2 Å². The molecular weight excluding hydrogens is 206 g/mol. The summed E-state index contributed by atoms with van der Waals surface area (Å²) in [4.78, 5) is 13.6. The molecule has 1 fully saturated rings. The van der Waals surface area contributed by atoms with Crippen LogP contribution in [0.15, 0.2) is 18.3 Å². The summed E-state index contributed by atoms with van der Waals surface area (Å²) in [7, 11) is 0. The summed E-state index contributed by atoms with van der Waals surface area (Å²) in [5.74, 6) is 0.393. The zero-order valence-electron chi connectivity index (χ0n) is 7.34. The van der Waals surface area contributed by atoms with Gasteiger partial charge in [0.2, 0.25) is 0 Å². The Bertz CT molecular complexity index is 324. The highest BCUT2D eigenvalue weighted by Gasteiger charge is 2.20. The second-order valence-corrected chi connectivity index (χ2v) is 3.06. The van der Waals surface area contributed by atoms with Crippen LogP contribution in [0.3, 0.4) is 0 Å². The minimum Gasteiger partial charge on any atom is -0.358 e. The summed E-state index contributed by atoms with van der Waals surface area (Å²) in [6, 6.07) is 3.23. The lowest BCUT2D eigenvalue weighted by molar-refractivity contribution is -0.389. The van der Waals surface area contributed by atoms with Crippen molar-refractivity contribution in [1.82, 2.24) is 10.3 Å². The summed E-state index contributed by atoms with van der Waals surface area (Å²) >= 11 is 0. The van der Waals surface area contributed by atoms with E-state index < -0.39 is 4.92 Å². The van der Waals surface area contributed by atoms with E-state index in [4.69, 9.17) is 0 Å². The van der Waals surface area contributed by atoms with E-state index in [-0.39, 0.29) is 18.2 Å². The van der Waals surface area contributed by atoms with Crippen molar-refractivity contribution in [3.05, 3.63) is 34.0 Å². The van der Waals surface area contributed by atoms with Gasteiger partial charge in [0.1, 0.15) is 6.20 Å². The van der Waals surface area contributed by atoms with Crippen LogP contribution in [0.25, 0.3) is 0 Å². The Balaban J connectivity index is 0.000000980. The SMILES string of the molecule is Cl.O=[N+]([O-])c1ccc(C2CNC2)cn1. The first kappa shape index (κ1) is 10.9. The lowest BCUT2D eigenvalue weighted by atomic mass is 9.95. The first-order valence-electron chi connectivity index (χ1n) is 4.08. The molecule has 0 atom stereocenters. The zero-order chi connectivity index (χ0) is 9.26. The summed E-state index contributed by atoms with van der Waals surface area (Å²) in [5, 5.41) is 13.4. The largest absolute Gasteiger partial charge is 0.363 e. The maximum Gasteiger partial charge on any atom is 0.363 e. The van der Waals surface area contributed by atoms with Crippen LogP contribution >= 0.6 is 12.4 Å². The monoisotopic (exact) mass is 215 g/mol. The molecule has 0 bridgehead atoms. The molecule has 76 valence electrons. The highest BCUT2D eigenvalue weighted by molar-refractivity contribution is 5.85. The number of nitrogens with one attached hydrogen (secondary N) is 1. The lowest BCUT2D eigenvalue weighted by Crippen LogP contribution is -2.39. The standard InChI is InChI=1S/C8H9N3O2.ClH/c12-11(13)8-2-1-6(5-10-8)7-3-9-4-7;/h1-2,5,7,9H,3-4H2;1H. The molecule has 1 aliphatic heterocycles. The Kier molecular flexibility index (Phi) is 3.38. The van der Waals surface area contributed by atoms with Crippen molar-refractivity contribution in [3.8, 4) is 0 Å². The Morgan fingerprint density at radius 3 is 2.57 bits per heavy atom. The van der Waals surface area contributed by atoms with Crippen LogP contribution < -0.4 is 5.32 Å². The quantitative estimate of drug-likeness (QED) is 0.593. The Morgan fingerprint density at radius 1 is 1.50 bits per heavy atom. The minimum atomic E-state index is -0.483. The van der Waals surface area contributed by atoms with Crippen molar-refractivity contribution < 1.29 is 4.92 Å². The fourth-order valence-corrected chi connectivity index (χ4v) is 1.27. The van der Waals surface area contributed by atoms with Crippen LogP contribution in [0.2, 0.25) is 0 Å². The van der Waals surface area contributed by atoms with Gasteiger partial charge in [0.25, 0.3) is 0 Å². The Hall–Kier alpha value is -1.20. The van der Waals surface area contributed by atoms with Crippen molar-refractivity contribution in [1.29, 1.82) is 0 Å². The fourth-order valence-electron chi connectivity index (χ4n) is 1.27. The van der Waals surface area contributed by atoms with Gasteiger partial charge in [-0.3, -0.25) is 0 Å². The molecule has 1 N–H and O–H groups in total. The third-order valence-corrected chi connectivity index (χ3v) is 2.21. The highest BCUT2D eigenvalue weighted by Crippen LogP contribution is 2.20. The van der Waals surface area contributed by atoms with Crippen molar-refractivity contribution in [2.45, 2.75) is 5.92 Å². The van der Waals surface area contributed by atoms with E-state index in [1.807, 2.05) is 0 Å². The third-order valence-electron chi connectivity index (χ3n) is 2.21. The van der Waals surface area contributed by atoms with Crippen molar-refractivity contribution in [2.75, 3.05) is 13.1 Å². The Labute approximate surface area is 87.1 Å². The van der Waals surface area contributed by atoms with Gasteiger partial charge in [0.05, 0.1) is 0 Å². The van der Waals surface area contributed by atoms with Crippen molar-refractivity contribution in [2.24, 2.45) is 0 Å². The van der Waals surface area contributed by atoms with Crippen LogP contribution in [0, 0.1) is 10.1 Å². The average molecular weight is 216 g/mol. The van der Waals surface area contributed by atoms with Gasteiger partial charge < -0.3 is 15.4 Å². The molecule has 5 nitrogen and oxygen atoms in total. The second kappa shape index (κ2) is 4.34. The lowest BCUT2D eigenvalue weighted by Gasteiger charge is -2.26. The Morgan fingerprint density at radius 2 is 2.21 bits per heavy atom. The molecule has 1 aliphatic rings. The second-order valence-electron chi connectivity index (χ2n) is 3.06. The van der Waals surface area contributed by atoms with E-state index in [1.54, 1.807) is 12.3 Å². The van der Waals surface area contributed by atoms with E-state index >= 15 is 0 Å². The van der Waals surface area contributed by atoms with E-state index in [1.165, 1.54) is 6.07 Å². The normalized spacial score (nSPS) is 15.4. The van der Waals surface area contributed by atoms with Gasteiger partial charge in [-0.2, -0.15) is 0 Å². The number of halogens is 1. The van der Waals surface area contributed by atoms with Gasteiger partial charge in [-0.05, 0) is 16.0 Å². The number of hydrogen-bond acceptors (Lipinski definition) is 4. The summed E-state index contributed by atoms with van der Waals surface area (Å²) in [5.41, 5.74) is 1.07. The van der Waals surface area contributed by atoms with E-state index in [0.29, 0.717) is 5.92 Å². The molecule has 1 aromatic rings. The molecule has 6 heteroatoms. The van der Waals surface area contributed by atoms with Crippen LogP contribution in [-0.4, -0.2) is 23.0 Å². The first-order valence-corrected chi connectivity index (χ1v) is 4.08. The molecule has 0 aliphatic carbocycles. The average Bonchev–Trinajstić information content (AvgIpc) is 2.02. The molecular formula is C8H10ClN3O2. The van der Waals surface area contributed by atoms with Gasteiger partial charge in [-0.15, -0.1) is 12.4 Å². The molecule has 0 radical (unpaired) electrons. The van der Waals surface area contributed by atoms with E-state index in [9.17, 15) is 10.1 Å². The molecule has 1 aromatic heterocycles. The van der Waals surface area contributed by atoms with Gasteiger partial charge in [0.15, 0.2) is 0 Å². The van der Waals surface area contributed by atoms with Crippen LogP contribution in [-0.2, 0) is 0 Å². The smallest absolute Gasteiger partial charge is 0.358 e. The van der Waals surface area contributed by atoms with Crippen molar-refractivity contribution in [3.63, 3.8) is 0 Å². The predicted octanol–water partition coefficient (Wildman–Crippen LogP) is 1.10. The number of aromatic nitrogens is 1. The predicted molar refractivity (Wildman–Crippen MR) is 53.8 cm³/mol. The number of nitrogens with zero attached hydrogens (tertiary/aromatic N) is 2. The molecule has 0 aromatic carbocycles. The third kappa shape index (κ3) is 2.00. The van der Waals surface area contributed by atoms with Crippen LogP contribution in [0.5, 0.6) is 0 Å². The molecule has 2 heterocycles. The summed E-state index contributed by atoms with van der Waals surface area (Å²) in [6.07, 6.45) is 1.59. The molecule has 0 amide bonds. The molecule has 0 spiro atoms. The summed E-state index contributed by atoms with van der Waals surface area (Å²) in [6.45, 7) is 1.89. The van der Waals surface area contributed by atoms with Gasteiger partial charge in [-0.25, -0.2) is 0 Å². The molecule has 0 unspecified atom stereocenters. The molecule has 0 saturated carbocycles. The van der Waals surface area contributed by atoms with Gasteiger partial charge in [-0.1, -0.05) is 0 Å². The fraction of sp³-hybridized carbons (Fsp3) is 0.375. The topological polar surface area (TPSA) is 68.1 Å². The molecule has 2 rings (SSSR count).